The van der Waals surface area contributed by atoms with Gasteiger partial charge in [-0.25, -0.2) is 0 Å². The van der Waals surface area contributed by atoms with E-state index in [0.29, 0.717) is 0 Å². The van der Waals surface area contributed by atoms with Crippen molar-refractivity contribution in [2.45, 2.75) is 24.4 Å². The largest absolute Gasteiger partial charge is 0.399 e. The van der Waals surface area contributed by atoms with E-state index < -0.39 is 29.3 Å². The predicted molar refractivity (Wildman–Crippen MR) is 86.4 cm³/mol. The average Bonchev–Trinajstić information content (AvgIpc) is 2.45. The van der Waals surface area contributed by atoms with Gasteiger partial charge in [0.25, 0.3) is 17.7 Å². The van der Waals surface area contributed by atoms with E-state index in [1.807, 2.05) is 5.32 Å². The number of carbonyl (C=O) groups excluding carboxylic acids is 2. The van der Waals surface area contributed by atoms with Gasteiger partial charge in [0.2, 0.25) is 11.6 Å². The normalized spacial score (nSPS) is 16.4. The van der Waals surface area contributed by atoms with Gasteiger partial charge in [-0.2, -0.15) is 0 Å². The van der Waals surface area contributed by atoms with E-state index in [1.165, 1.54) is 12.1 Å². The van der Waals surface area contributed by atoms with Gasteiger partial charge in [0.05, 0.1) is 5.56 Å². The third-order valence-corrected chi connectivity index (χ3v) is 3.35. The maximum Gasteiger partial charge on any atom is 0.277 e. The number of hydrogen-bond acceptors (Lipinski definition) is 10. The summed E-state index contributed by atoms with van der Waals surface area (Å²) < 4.78 is 4.51. The second-order valence-corrected chi connectivity index (χ2v) is 5.36. The maximum absolute atomic E-state index is 12.4. The van der Waals surface area contributed by atoms with Gasteiger partial charge >= 0.3 is 0 Å². The van der Waals surface area contributed by atoms with Gasteiger partial charge in [0.15, 0.2) is 0 Å². The summed E-state index contributed by atoms with van der Waals surface area (Å²) in [7, 11) is 0.916. The summed E-state index contributed by atoms with van der Waals surface area (Å²) in [5.74, 6) is -8.24. The molecule has 13 N–H and O–H groups in total. The van der Waals surface area contributed by atoms with Crippen molar-refractivity contribution in [1.82, 2.24) is 10.6 Å². The minimum atomic E-state index is -3.03. The van der Waals surface area contributed by atoms with Crippen LogP contribution in [0.4, 0.5) is 11.4 Å². The standard InChI is InChI=1S/C13H22N6O6/c1-6(20)18-11(16,13(17,24)25-2)10(21)19-12(22,23)8-4-3-7(14)5-9(8)15/h3-5,22-24H,14-17H2,1-2H3,(H,18,20)(H,19,21). The molecule has 1 rings (SSSR count). The number of aliphatic hydroxyl groups is 3. The molecule has 0 saturated heterocycles. The van der Waals surface area contributed by atoms with Crippen LogP contribution < -0.4 is 33.6 Å². The molecule has 1 aromatic rings. The van der Waals surface area contributed by atoms with Gasteiger partial charge in [-0.1, -0.05) is 0 Å². The average molecular weight is 358 g/mol. The minimum Gasteiger partial charge on any atom is -0.399 e. The molecule has 0 aliphatic heterocycles. The minimum absolute atomic E-state index is 0.151. The van der Waals surface area contributed by atoms with E-state index >= 15 is 0 Å². The van der Waals surface area contributed by atoms with Crippen molar-refractivity contribution in [2.24, 2.45) is 11.5 Å². The lowest BCUT2D eigenvalue weighted by Crippen LogP contribution is -2.81. The number of benzene rings is 1. The van der Waals surface area contributed by atoms with Crippen LogP contribution in [-0.2, 0) is 20.2 Å². The number of hydrogen-bond donors (Lipinski definition) is 9. The molecular weight excluding hydrogens is 336 g/mol. The fourth-order valence-electron chi connectivity index (χ4n) is 1.97. The molecule has 0 saturated carbocycles. The number of rotatable bonds is 6. The van der Waals surface area contributed by atoms with Crippen LogP contribution in [0.1, 0.15) is 12.5 Å². The quantitative estimate of drug-likeness (QED) is 0.177. The molecule has 2 unspecified atom stereocenters. The number of nitrogens with one attached hydrogen (secondary N) is 2. The van der Waals surface area contributed by atoms with Gasteiger partial charge < -0.3 is 36.8 Å². The number of ether oxygens (including phenoxy) is 1. The summed E-state index contributed by atoms with van der Waals surface area (Å²) in [5, 5.41) is 33.8. The van der Waals surface area contributed by atoms with Crippen molar-refractivity contribution in [3.63, 3.8) is 0 Å². The second kappa shape index (κ2) is 6.79. The monoisotopic (exact) mass is 358 g/mol. The van der Waals surface area contributed by atoms with Crippen LogP contribution in [0.3, 0.4) is 0 Å². The Labute approximate surface area is 142 Å². The first-order chi connectivity index (χ1) is 11.3. The Morgan fingerprint density at radius 3 is 2.12 bits per heavy atom. The zero-order chi connectivity index (χ0) is 19.6. The van der Waals surface area contributed by atoms with E-state index in [1.54, 1.807) is 5.32 Å². The highest BCUT2D eigenvalue weighted by molar-refractivity contribution is 5.91. The fourth-order valence-corrected chi connectivity index (χ4v) is 1.97. The van der Waals surface area contributed by atoms with E-state index in [-0.39, 0.29) is 16.9 Å². The molecule has 0 bridgehead atoms. The SMILES string of the molecule is COC(N)(O)C(N)(NC(C)=O)C(=O)NC(O)(O)c1ccc(N)cc1N. The zero-order valence-electron chi connectivity index (χ0n) is 13.6. The van der Waals surface area contributed by atoms with Gasteiger partial charge in [-0.15, -0.1) is 0 Å². The second-order valence-electron chi connectivity index (χ2n) is 5.36. The molecule has 1 aromatic carbocycles. The number of methoxy groups -OCH3 is 1. The summed E-state index contributed by atoms with van der Waals surface area (Å²) >= 11 is 0. The Balaban J connectivity index is 3.24. The number of nitrogen functional groups attached to an aromatic ring is 2. The first kappa shape index (κ1) is 20.6. The summed E-state index contributed by atoms with van der Waals surface area (Å²) in [4.78, 5) is 23.7. The first-order valence-corrected chi connectivity index (χ1v) is 6.83. The first-order valence-electron chi connectivity index (χ1n) is 6.83. The molecule has 140 valence electrons. The van der Waals surface area contributed by atoms with Crippen molar-refractivity contribution < 1.29 is 29.6 Å². The molecule has 0 spiro atoms. The topological polar surface area (TPSA) is 232 Å². The number of amides is 2. The molecule has 12 nitrogen and oxygen atoms in total. The number of anilines is 2. The summed E-state index contributed by atoms with van der Waals surface area (Å²) in [5.41, 5.74) is 19.2. The van der Waals surface area contributed by atoms with E-state index in [2.05, 4.69) is 4.74 Å². The van der Waals surface area contributed by atoms with Gasteiger partial charge in [-0.05, 0) is 18.2 Å². The fraction of sp³-hybridized carbons (Fsp3) is 0.385. The van der Waals surface area contributed by atoms with Gasteiger partial charge in [-0.3, -0.25) is 26.4 Å². The molecule has 0 aromatic heterocycles. The molecule has 2 amide bonds. The lowest BCUT2D eigenvalue weighted by Gasteiger charge is -2.40. The summed E-state index contributed by atoms with van der Waals surface area (Å²) in [6, 6.07) is 3.67. The van der Waals surface area contributed by atoms with E-state index in [4.69, 9.17) is 22.9 Å². The molecule has 2 atom stereocenters. The molecule has 0 aliphatic carbocycles. The van der Waals surface area contributed by atoms with Crippen LogP contribution in [0, 0.1) is 0 Å². The van der Waals surface area contributed by atoms with Crippen LogP contribution in [0.25, 0.3) is 0 Å². The van der Waals surface area contributed by atoms with Crippen molar-refractivity contribution in [3.8, 4) is 0 Å². The Hall–Kier alpha value is -2.48. The highest BCUT2D eigenvalue weighted by atomic mass is 16.6. The molecule has 25 heavy (non-hydrogen) atoms. The Kier molecular flexibility index (Phi) is 5.59. The molecule has 0 aliphatic rings. The van der Waals surface area contributed by atoms with Crippen LogP contribution >= 0.6 is 0 Å². The van der Waals surface area contributed by atoms with Crippen molar-refractivity contribution >= 4 is 23.2 Å². The predicted octanol–water partition coefficient (Wildman–Crippen LogP) is -3.90. The van der Waals surface area contributed by atoms with E-state index in [0.717, 1.165) is 20.1 Å². The molecule has 0 radical (unpaired) electrons. The molecule has 0 heterocycles. The van der Waals surface area contributed by atoms with Crippen molar-refractivity contribution in [1.29, 1.82) is 0 Å². The Morgan fingerprint density at radius 1 is 1.12 bits per heavy atom. The van der Waals surface area contributed by atoms with Gasteiger partial charge in [0.1, 0.15) is 0 Å². The molecular formula is C13H22N6O6. The zero-order valence-corrected chi connectivity index (χ0v) is 13.6. The lowest BCUT2D eigenvalue weighted by atomic mass is 10.0. The third kappa shape index (κ3) is 4.14. The Bertz CT molecular complexity index is 679. The highest BCUT2D eigenvalue weighted by Gasteiger charge is 2.55. The van der Waals surface area contributed by atoms with Crippen LogP contribution in [0.2, 0.25) is 0 Å². The van der Waals surface area contributed by atoms with Crippen LogP contribution in [0.5, 0.6) is 0 Å². The third-order valence-electron chi connectivity index (χ3n) is 3.35. The smallest absolute Gasteiger partial charge is 0.277 e. The number of nitrogens with two attached hydrogens (primary N) is 4. The molecule has 0 fully saturated rings. The highest BCUT2D eigenvalue weighted by Crippen LogP contribution is 2.25. The van der Waals surface area contributed by atoms with E-state index in [9.17, 15) is 24.9 Å². The molecule has 12 heteroatoms. The van der Waals surface area contributed by atoms with Crippen LogP contribution in [0.15, 0.2) is 18.2 Å². The lowest BCUT2D eigenvalue weighted by molar-refractivity contribution is -0.240. The van der Waals surface area contributed by atoms with Crippen molar-refractivity contribution in [2.75, 3.05) is 18.6 Å². The van der Waals surface area contributed by atoms with Crippen molar-refractivity contribution in [3.05, 3.63) is 23.8 Å². The summed E-state index contributed by atoms with van der Waals surface area (Å²) in [6.07, 6.45) is 0. The number of carbonyl (C=O) groups is 2. The maximum atomic E-state index is 12.4. The van der Waals surface area contributed by atoms with Gasteiger partial charge in [0, 0.05) is 25.4 Å². The summed E-state index contributed by atoms with van der Waals surface area (Å²) in [6.45, 7) is 0.990. The van der Waals surface area contributed by atoms with Crippen LogP contribution in [-0.4, -0.2) is 45.8 Å². The Morgan fingerprint density at radius 2 is 1.68 bits per heavy atom.